The zero-order valence-electron chi connectivity index (χ0n) is 12.4. The summed E-state index contributed by atoms with van der Waals surface area (Å²) in [4.78, 5) is 29.9. The Bertz CT molecular complexity index is 713. The van der Waals surface area contributed by atoms with Crippen LogP contribution in [0.1, 0.15) is 23.4 Å². The zero-order chi connectivity index (χ0) is 16.1. The first kappa shape index (κ1) is 15.4. The first-order valence-corrected chi connectivity index (χ1v) is 8.17. The quantitative estimate of drug-likeness (QED) is 0.911. The Hall–Kier alpha value is -2.54. The Morgan fingerprint density at radius 1 is 1.22 bits per heavy atom. The molecule has 2 aromatic rings. The van der Waals surface area contributed by atoms with E-state index in [9.17, 15) is 9.59 Å². The number of aromatic nitrogens is 1. The number of hydrogen-bond donors (Lipinski definition) is 1. The monoisotopic (exact) mass is 328 g/mol. The number of amides is 2. The van der Waals surface area contributed by atoms with E-state index in [1.807, 2.05) is 35.7 Å². The van der Waals surface area contributed by atoms with Crippen LogP contribution in [0.3, 0.4) is 0 Å². The van der Waals surface area contributed by atoms with Gasteiger partial charge >= 0.3 is 0 Å². The summed E-state index contributed by atoms with van der Waals surface area (Å²) in [7, 11) is 0. The Balaban J connectivity index is 1.79. The number of carbonyl (C=O) groups excluding carboxylic acids is 2. The highest BCUT2D eigenvalue weighted by Gasteiger charge is 2.24. The third-order valence-electron chi connectivity index (χ3n) is 3.46. The van der Waals surface area contributed by atoms with Crippen molar-refractivity contribution in [2.45, 2.75) is 25.9 Å². The van der Waals surface area contributed by atoms with Crippen molar-refractivity contribution in [1.29, 1.82) is 0 Å². The highest BCUT2D eigenvalue weighted by Crippen LogP contribution is 2.14. The van der Waals surface area contributed by atoms with Crippen molar-refractivity contribution in [2.24, 2.45) is 5.10 Å². The fourth-order valence-corrected chi connectivity index (χ4v) is 2.94. The molecule has 3 rings (SSSR count). The lowest BCUT2D eigenvalue weighted by Crippen LogP contribution is -2.39. The fourth-order valence-electron chi connectivity index (χ4n) is 2.31. The largest absolute Gasteiger partial charge is 0.326 e. The second kappa shape index (κ2) is 7.15. The lowest BCUT2D eigenvalue weighted by molar-refractivity contribution is -0.125. The van der Waals surface area contributed by atoms with Crippen LogP contribution in [-0.4, -0.2) is 27.4 Å². The van der Waals surface area contributed by atoms with Crippen molar-refractivity contribution in [3.05, 3.63) is 52.5 Å². The maximum atomic E-state index is 12.8. The molecule has 1 aliphatic rings. The van der Waals surface area contributed by atoms with Gasteiger partial charge in [-0.2, -0.15) is 5.10 Å². The van der Waals surface area contributed by atoms with Crippen molar-refractivity contribution >= 4 is 28.9 Å². The van der Waals surface area contributed by atoms with Gasteiger partial charge in [-0.25, -0.2) is 10.4 Å². The third-order valence-corrected chi connectivity index (χ3v) is 4.23. The van der Waals surface area contributed by atoms with Crippen LogP contribution in [-0.2, 0) is 22.7 Å². The minimum atomic E-state index is -0.163. The number of rotatable bonds is 5. The smallest absolute Gasteiger partial charge is 0.270 e. The highest BCUT2D eigenvalue weighted by atomic mass is 32.1. The first-order chi connectivity index (χ1) is 11.2. The maximum absolute atomic E-state index is 12.8. The predicted molar refractivity (Wildman–Crippen MR) is 87.6 cm³/mol. The van der Waals surface area contributed by atoms with Gasteiger partial charge in [0.05, 0.1) is 6.54 Å². The number of benzene rings is 1. The summed E-state index contributed by atoms with van der Waals surface area (Å²) in [6.45, 7) is 0.907. The number of thiazole rings is 1. The van der Waals surface area contributed by atoms with E-state index in [-0.39, 0.29) is 11.8 Å². The van der Waals surface area contributed by atoms with Gasteiger partial charge in [0.25, 0.3) is 5.91 Å². The van der Waals surface area contributed by atoms with Gasteiger partial charge < -0.3 is 4.90 Å². The standard InChI is InChI=1S/C16H16N4O2S/c21-14-7-6-13(18-19-14)16(22)20(11-15-17-8-9-23-15)10-12-4-2-1-3-5-12/h1-5,8-9H,6-7,10-11H2,(H,19,21). The molecule has 0 radical (unpaired) electrons. The third kappa shape index (κ3) is 4.01. The molecule has 0 fully saturated rings. The molecule has 23 heavy (non-hydrogen) atoms. The van der Waals surface area contributed by atoms with Crippen LogP contribution >= 0.6 is 11.3 Å². The molecule has 0 saturated heterocycles. The molecular formula is C16H16N4O2S. The van der Waals surface area contributed by atoms with E-state index in [0.717, 1.165) is 10.6 Å². The summed E-state index contributed by atoms with van der Waals surface area (Å²) in [5.74, 6) is -0.319. The minimum absolute atomic E-state index is 0.156. The van der Waals surface area contributed by atoms with E-state index >= 15 is 0 Å². The molecule has 1 aromatic carbocycles. The molecule has 1 aliphatic heterocycles. The number of carbonyl (C=O) groups is 2. The van der Waals surface area contributed by atoms with Crippen LogP contribution in [0.25, 0.3) is 0 Å². The Morgan fingerprint density at radius 2 is 2.04 bits per heavy atom. The highest BCUT2D eigenvalue weighted by molar-refractivity contribution is 7.09. The Morgan fingerprint density at radius 3 is 2.70 bits per heavy atom. The second-order valence-electron chi connectivity index (χ2n) is 5.17. The van der Waals surface area contributed by atoms with E-state index < -0.39 is 0 Å². The van der Waals surface area contributed by atoms with Crippen LogP contribution in [0.5, 0.6) is 0 Å². The summed E-state index contributed by atoms with van der Waals surface area (Å²) in [6, 6.07) is 9.79. The van der Waals surface area contributed by atoms with Gasteiger partial charge in [-0.15, -0.1) is 11.3 Å². The van der Waals surface area contributed by atoms with E-state index in [0.29, 0.717) is 31.6 Å². The van der Waals surface area contributed by atoms with Gasteiger partial charge in [0, 0.05) is 31.0 Å². The van der Waals surface area contributed by atoms with Crippen LogP contribution < -0.4 is 5.43 Å². The minimum Gasteiger partial charge on any atom is -0.326 e. The number of hydrogen-bond acceptors (Lipinski definition) is 5. The molecule has 7 heteroatoms. The Kier molecular flexibility index (Phi) is 4.77. The SMILES string of the molecule is O=C1CCC(C(=O)N(Cc2ccccc2)Cc2nccs2)=NN1. The van der Waals surface area contributed by atoms with Crippen molar-refractivity contribution in [3.63, 3.8) is 0 Å². The molecule has 1 aromatic heterocycles. The van der Waals surface area contributed by atoms with Crippen LogP contribution in [0.15, 0.2) is 47.0 Å². The molecule has 0 unspecified atom stereocenters. The summed E-state index contributed by atoms with van der Waals surface area (Å²) in [6.07, 6.45) is 2.39. The van der Waals surface area contributed by atoms with Crippen molar-refractivity contribution in [1.82, 2.24) is 15.3 Å². The maximum Gasteiger partial charge on any atom is 0.270 e. The van der Waals surface area contributed by atoms with Gasteiger partial charge in [0.15, 0.2) is 0 Å². The van der Waals surface area contributed by atoms with E-state index in [1.54, 1.807) is 11.1 Å². The number of nitrogens with zero attached hydrogens (tertiary/aromatic N) is 3. The topological polar surface area (TPSA) is 74.7 Å². The zero-order valence-corrected chi connectivity index (χ0v) is 13.3. The number of nitrogens with one attached hydrogen (secondary N) is 1. The molecular weight excluding hydrogens is 312 g/mol. The van der Waals surface area contributed by atoms with Crippen molar-refractivity contribution in [2.75, 3.05) is 0 Å². The van der Waals surface area contributed by atoms with Crippen LogP contribution in [0.4, 0.5) is 0 Å². The average molecular weight is 328 g/mol. The molecule has 6 nitrogen and oxygen atoms in total. The molecule has 0 spiro atoms. The van der Waals surface area contributed by atoms with Crippen LogP contribution in [0.2, 0.25) is 0 Å². The van der Waals surface area contributed by atoms with Gasteiger partial charge in [0.2, 0.25) is 5.91 Å². The average Bonchev–Trinajstić information content (AvgIpc) is 3.08. The molecule has 1 N–H and O–H groups in total. The van der Waals surface area contributed by atoms with E-state index in [1.165, 1.54) is 11.3 Å². The molecule has 2 amide bonds. The Labute approximate surface area is 137 Å². The molecule has 0 saturated carbocycles. The lowest BCUT2D eigenvalue weighted by Gasteiger charge is -2.23. The summed E-state index contributed by atoms with van der Waals surface area (Å²) in [5.41, 5.74) is 3.80. The van der Waals surface area contributed by atoms with E-state index in [4.69, 9.17) is 0 Å². The first-order valence-electron chi connectivity index (χ1n) is 7.29. The predicted octanol–water partition coefficient (Wildman–Crippen LogP) is 1.94. The molecule has 118 valence electrons. The summed E-state index contributed by atoms with van der Waals surface area (Å²) in [5, 5.41) is 6.67. The van der Waals surface area contributed by atoms with Crippen molar-refractivity contribution < 1.29 is 9.59 Å². The van der Waals surface area contributed by atoms with E-state index in [2.05, 4.69) is 15.5 Å². The lowest BCUT2D eigenvalue weighted by atomic mass is 10.1. The van der Waals surface area contributed by atoms with Gasteiger partial charge in [-0.05, 0) is 5.56 Å². The fraction of sp³-hybridized carbons (Fsp3) is 0.250. The molecule has 2 heterocycles. The summed E-state index contributed by atoms with van der Waals surface area (Å²) < 4.78 is 0. The second-order valence-corrected chi connectivity index (χ2v) is 6.15. The van der Waals surface area contributed by atoms with Gasteiger partial charge in [-0.3, -0.25) is 9.59 Å². The van der Waals surface area contributed by atoms with Crippen LogP contribution in [0, 0.1) is 0 Å². The molecule has 0 atom stereocenters. The van der Waals surface area contributed by atoms with Crippen molar-refractivity contribution in [3.8, 4) is 0 Å². The number of hydrazone groups is 1. The normalized spacial score (nSPS) is 14.1. The molecule has 0 bridgehead atoms. The molecule has 0 aliphatic carbocycles. The van der Waals surface area contributed by atoms with Gasteiger partial charge in [-0.1, -0.05) is 30.3 Å². The summed E-state index contributed by atoms with van der Waals surface area (Å²) >= 11 is 1.51. The van der Waals surface area contributed by atoms with Gasteiger partial charge in [0.1, 0.15) is 10.7 Å².